The Hall–Kier alpha value is -0.480. The van der Waals surface area contributed by atoms with Gasteiger partial charge in [-0.3, -0.25) is 4.90 Å². The Morgan fingerprint density at radius 2 is 1.71 bits per heavy atom. The van der Waals surface area contributed by atoms with Gasteiger partial charge < -0.3 is 10.6 Å². The molecule has 1 aromatic rings. The fraction of sp³-hybridized carbons (Fsp3) is 0.625. The number of benzene rings is 1. The Balaban J connectivity index is 0.00000220. The zero-order valence-electron chi connectivity index (χ0n) is 12.6. The molecule has 1 fully saturated rings. The average molecular weight is 332 g/mol. The lowest BCUT2D eigenvalue weighted by Gasteiger charge is -2.36. The normalized spacial score (nSPS) is 15.8. The van der Waals surface area contributed by atoms with E-state index in [0.29, 0.717) is 0 Å². The number of nitrogens with two attached hydrogens (primary N) is 1. The maximum atomic E-state index is 6.06. The first-order valence-electron chi connectivity index (χ1n) is 7.72. The standard InChI is InChI=1S/C16H26ClN3.ClH/c17-15-6-5-7-16(14-15)20-12-10-19(11-13-20)9-4-2-1-3-8-18;/h5-7,14H,1-4,8-13,18H2;1H. The van der Waals surface area contributed by atoms with Gasteiger partial charge in [0.15, 0.2) is 0 Å². The van der Waals surface area contributed by atoms with Crippen LogP contribution in [0.3, 0.4) is 0 Å². The molecule has 21 heavy (non-hydrogen) atoms. The van der Waals surface area contributed by atoms with Crippen LogP contribution in [0, 0.1) is 0 Å². The van der Waals surface area contributed by atoms with Crippen molar-refractivity contribution in [3.05, 3.63) is 29.3 Å². The van der Waals surface area contributed by atoms with Crippen LogP contribution in [0.4, 0.5) is 5.69 Å². The van der Waals surface area contributed by atoms with E-state index in [4.69, 9.17) is 17.3 Å². The van der Waals surface area contributed by atoms with E-state index in [-0.39, 0.29) is 12.4 Å². The average Bonchev–Trinajstić information content (AvgIpc) is 2.48. The topological polar surface area (TPSA) is 32.5 Å². The first-order valence-corrected chi connectivity index (χ1v) is 8.10. The van der Waals surface area contributed by atoms with Gasteiger partial charge in [-0.1, -0.05) is 30.5 Å². The Bertz CT molecular complexity index is 393. The molecule has 1 aliphatic rings. The maximum Gasteiger partial charge on any atom is 0.0426 e. The molecule has 0 spiro atoms. The minimum Gasteiger partial charge on any atom is -0.369 e. The molecular formula is C16H27Cl2N3. The predicted octanol–water partition coefficient (Wildman–Crippen LogP) is 3.40. The molecule has 0 atom stereocenters. The van der Waals surface area contributed by atoms with Crippen LogP contribution in [0.15, 0.2) is 24.3 Å². The van der Waals surface area contributed by atoms with Crippen molar-refractivity contribution >= 4 is 29.7 Å². The highest BCUT2D eigenvalue weighted by Crippen LogP contribution is 2.20. The summed E-state index contributed by atoms with van der Waals surface area (Å²) in [6, 6.07) is 8.17. The third kappa shape index (κ3) is 6.43. The van der Waals surface area contributed by atoms with E-state index in [1.54, 1.807) is 0 Å². The Labute approximate surface area is 139 Å². The van der Waals surface area contributed by atoms with Gasteiger partial charge in [0, 0.05) is 36.9 Å². The molecule has 1 saturated heterocycles. The lowest BCUT2D eigenvalue weighted by atomic mass is 10.1. The summed E-state index contributed by atoms with van der Waals surface area (Å²) < 4.78 is 0. The quantitative estimate of drug-likeness (QED) is 0.777. The minimum absolute atomic E-state index is 0. The van der Waals surface area contributed by atoms with Crippen molar-refractivity contribution in [3.63, 3.8) is 0 Å². The molecule has 0 amide bonds. The van der Waals surface area contributed by atoms with Crippen molar-refractivity contribution in [1.29, 1.82) is 0 Å². The van der Waals surface area contributed by atoms with Crippen molar-refractivity contribution in [2.75, 3.05) is 44.2 Å². The second-order valence-corrected chi connectivity index (χ2v) is 5.95. The first kappa shape index (κ1) is 18.6. The lowest BCUT2D eigenvalue weighted by Crippen LogP contribution is -2.46. The number of hydrogen-bond donors (Lipinski definition) is 1. The molecule has 0 aliphatic carbocycles. The first-order chi connectivity index (χ1) is 9.79. The molecule has 120 valence electrons. The molecule has 1 heterocycles. The maximum absolute atomic E-state index is 6.06. The Kier molecular flexibility index (Phi) is 9.09. The summed E-state index contributed by atoms with van der Waals surface area (Å²) in [5, 5.41) is 0.824. The van der Waals surface area contributed by atoms with Gasteiger partial charge in [0.2, 0.25) is 0 Å². The van der Waals surface area contributed by atoms with Crippen molar-refractivity contribution in [3.8, 4) is 0 Å². The number of rotatable bonds is 7. The summed E-state index contributed by atoms with van der Waals surface area (Å²) in [4.78, 5) is 5.00. The Morgan fingerprint density at radius 1 is 1.00 bits per heavy atom. The zero-order valence-corrected chi connectivity index (χ0v) is 14.2. The third-order valence-electron chi connectivity index (χ3n) is 3.97. The summed E-state index contributed by atoms with van der Waals surface area (Å²) in [5.41, 5.74) is 6.76. The number of piperazine rings is 1. The predicted molar refractivity (Wildman–Crippen MR) is 94.9 cm³/mol. The van der Waals surface area contributed by atoms with E-state index >= 15 is 0 Å². The fourth-order valence-corrected chi connectivity index (χ4v) is 2.92. The van der Waals surface area contributed by atoms with Gasteiger partial charge in [0.05, 0.1) is 0 Å². The van der Waals surface area contributed by atoms with Crippen LogP contribution < -0.4 is 10.6 Å². The summed E-state index contributed by atoms with van der Waals surface area (Å²) >= 11 is 6.06. The molecule has 2 rings (SSSR count). The smallest absolute Gasteiger partial charge is 0.0426 e. The van der Waals surface area contributed by atoms with E-state index in [9.17, 15) is 0 Å². The number of unbranched alkanes of at least 4 members (excludes halogenated alkanes) is 3. The van der Waals surface area contributed by atoms with Gasteiger partial charge in [-0.15, -0.1) is 12.4 Å². The molecule has 3 nitrogen and oxygen atoms in total. The highest BCUT2D eigenvalue weighted by molar-refractivity contribution is 6.30. The number of anilines is 1. The fourth-order valence-electron chi connectivity index (χ4n) is 2.74. The monoisotopic (exact) mass is 331 g/mol. The largest absolute Gasteiger partial charge is 0.369 e. The van der Waals surface area contributed by atoms with Crippen LogP contribution in [-0.4, -0.2) is 44.2 Å². The highest BCUT2D eigenvalue weighted by atomic mass is 35.5. The molecule has 0 aromatic heterocycles. The van der Waals surface area contributed by atoms with Gasteiger partial charge in [0.25, 0.3) is 0 Å². The molecule has 1 aliphatic heterocycles. The van der Waals surface area contributed by atoms with Gasteiger partial charge >= 0.3 is 0 Å². The molecule has 1 aromatic carbocycles. The van der Waals surface area contributed by atoms with E-state index in [1.807, 2.05) is 12.1 Å². The van der Waals surface area contributed by atoms with E-state index in [1.165, 1.54) is 37.9 Å². The van der Waals surface area contributed by atoms with Crippen molar-refractivity contribution in [1.82, 2.24) is 4.90 Å². The molecular weight excluding hydrogens is 305 g/mol. The van der Waals surface area contributed by atoms with E-state index < -0.39 is 0 Å². The summed E-state index contributed by atoms with van der Waals surface area (Å²) in [7, 11) is 0. The van der Waals surface area contributed by atoms with Crippen molar-refractivity contribution in [2.24, 2.45) is 5.73 Å². The molecule has 0 saturated carbocycles. The summed E-state index contributed by atoms with van der Waals surface area (Å²) in [6.07, 6.45) is 5.06. The summed E-state index contributed by atoms with van der Waals surface area (Å²) in [6.45, 7) is 6.57. The van der Waals surface area contributed by atoms with Crippen LogP contribution >= 0.6 is 24.0 Å². The Morgan fingerprint density at radius 3 is 2.38 bits per heavy atom. The molecule has 2 N–H and O–H groups in total. The number of halogens is 2. The van der Waals surface area contributed by atoms with Crippen LogP contribution in [0.2, 0.25) is 5.02 Å². The van der Waals surface area contributed by atoms with E-state index in [0.717, 1.165) is 37.7 Å². The van der Waals surface area contributed by atoms with Crippen LogP contribution in [-0.2, 0) is 0 Å². The molecule has 0 radical (unpaired) electrons. The van der Waals surface area contributed by atoms with Crippen LogP contribution in [0.25, 0.3) is 0 Å². The second-order valence-electron chi connectivity index (χ2n) is 5.51. The van der Waals surface area contributed by atoms with Crippen molar-refractivity contribution in [2.45, 2.75) is 25.7 Å². The minimum atomic E-state index is 0. The third-order valence-corrected chi connectivity index (χ3v) is 4.21. The molecule has 5 heteroatoms. The molecule has 0 bridgehead atoms. The van der Waals surface area contributed by atoms with Gasteiger partial charge in [-0.05, 0) is 44.1 Å². The van der Waals surface area contributed by atoms with Gasteiger partial charge in [-0.25, -0.2) is 0 Å². The number of nitrogens with zero attached hydrogens (tertiary/aromatic N) is 2. The highest BCUT2D eigenvalue weighted by Gasteiger charge is 2.16. The van der Waals surface area contributed by atoms with E-state index in [2.05, 4.69) is 21.9 Å². The number of hydrogen-bond acceptors (Lipinski definition) is 3. The van der Waals surface area contributed by atoms with Gasteiger partial charge in [-0.2, -0.15) is 0 Å². The lowest BCUT2D eigenvalue weighted by molar-refractivity contribution is 0.252. The summed E-state index contributed by atoms with van der Waals surface area (Å²) in [5.74, 6) is 0. The zero-order chi connectivity index (χ0) is 14.2. The van der Waals surface area contributed by atoms with Crippen LogP contribution in [0.1, 0.15) is 25.7 Å². The second kappa shape index (κ2) is 10.3. The molecule has 0 unspecified atom stereocenters. The van der Waals surface area contributed by atoms with Crippen molar-refractivity contribution < 1.29 is 0 Å². The SMILES string of the molecule is Cl.NCCCCCCN1CCN(c2cccc(Cl)c2)CC1. The van der Waals surface area contributed by atoms with Crippen LogP contribution in [0.5, 0.6) is 0 Å². The van der Waals surface area contributed by atoms with Gasteiger partial charge in [0.1, 0.15) is 0 Å².